The van der Waals surface area contributed by atoms with Crippen molar-refractivity contribution in [2.24, 2.45) is 0 Å². The molecule has 0 atom stereocenters. The van der Waals surface area contributed by atoms with Crippen LogP contribution in [0.5, 0.6) is 0 Å². The van der Waals surface area contributed by atoms with E-state index in [1.165, 1.54) is 6.92 Å². The minimum absolute atomic E-state index is 0.145. The molecule has 1 amide bonds. The molecule has 0 saturated carbocycles. The highest BCUT2D eigenvalue weighted by Crippen LogP contribution is 2.20. The summed E-state index contributed by atoms with van der Waals surface area (Å²) in [6.45, 7) is 1.43. The summed E-state index contributed by atoms with van der Waals surface area (Å²) in [4.78, 5) is 10.8. The second-order valence-electron chi connectivity index (χ2n) is 2.76. The molecule has 6 heteroatoms. The van der Waals surface area contributed by atoms with Crippen molar-refractivity contribution in [1.29, 1.82) is 0 Å². The van der Waals surface area contributed by atoms with E-state index in [-0.39, 0.29) is 5.91 Å². The summed E-state index contributed by atoms with van der Waals surface area (Å²) in [6.07, 6.45) is 0. The van der Waals surface area contributed by atoms with Crippen molar-refractivity contribution >= 4 is 56.0 Å². The summed E-state index contributed by atoms with van der Waals surface area (Å²) in [5.74, 6) is -0.145. The fraction of sp³-hybridized carbons (Fsp3) is 0.125. The van der Waals surface area contributed by atoms with Crippen molar-refractivity contribution in [3.05, 3.63) is 24.3 Å². The van der Waals surface area contributed by atoms with Gasteiger partial charge in [-0.05, 0) is 17.3 Å². The second-order valence-corrected chi connectivity index (χ2v) is 11.2. The lowest BCUT2D eigenvalue weighted by Gasteiger charge is -2.09. The number of anilines is 1. The Kier molecular flexibility index (Phi) is 3.83. The number of carbonyl (C=O) groups is 1. The number of hydrogen-bond acceptors (Lipinski definition) is 1. The van der Waals surface area contributed by atoms with E-state index in [0.717, 1.165) is 0 Å². The number of nitrogens with one attached hydrogen (secondary N) is 1. The van der Waals surface area contributed by atoms with Crippen LogP contribution in [0.2, 0.25) is 0 Å². The average Bonchev–Trinajstić information content (AvgIpc) is 2.01. The Bertz CT molecular complexity index is 351. The SMILES string of the molecule is CC(=O)Nc1cccc([Si](Cl)(Cl)Cl)c1. The molecule has 0 spiro atoms. The van der Waals surface area contributed by atoms with Crippen molar-refractivity contribution in [1.82, 2.24) is 0 Å². The van der Waals surface area contributed by atoms with E-state index < -0.39 is 6.00 Å². The lowest BCUT2D eigenvalue weighted by Crippen LogP contribution is -2.30. The Hall–Kier alpha value is -0.223. The molecule has 0 heterocycles. The first-order valence-corrected chi connectivity index (χ1v) is 8.88. The number of halogens is 3. The maximum Gasteiger partial charge on any atom is 0.372 e. The van der Waals surface area contributed by atoms with Gasteiger partial charge in [-0.25, -0.2) is 0 Å². The van der Waals surface area contributed by atoms with Gasteiger partial charge in [-0.1, -0.05) is 12.1 Å². The third-order valence-electron chi connectivity index (χ3n) is 1.51. The summed E-state index contributed by atoms with van der Waals surface area (Å²) in [6, 6.07) is 4.06. The van der Waals surface area contributed by atoms with Gasteiger partial charge in [-0.15, -0.1) is 33.2 Å². The normalized spacial score (nSPS) is 11.1. The van der Waals surface area contributed by atoms with Crippen LogP contribution in [0.4, 0.5) is 5.69 Å². The number of amides is 1. The van der Waals surface area contributed by atoms with Crippen LogP contribution in [0.15, 0.2) is 24.3 Å². The number of hydrogen-bond donors (Lipinski definition) is 1. The van der Waals surface area contributed by atoms with Gasteiger partial charge in [0.05, 0.1) is 0 Å². The Labute approximate surface area is 97.3 Å². The topological polar surface area (TPSA) is 29.1 Å². The largest absolute Gasteiger partial charge is 0.372 e. The van der Waals surface area contributed by atoms with Crippen molar-refractivity contribution in [2.45, 2.75) is 6.92 Å². The molecule has 1 aromatic carbocycles. The molecule has 0 aliphatic carbocycles. The van der Waals surface area contributed by atoms with E-state index in [4.69, 9.17) is 33.2 Å². The van der Waals surface area contributed by atoms with E-state index in [2.05, 4.69) is 5.32 Å². The highest BCUT2D eigenvalue weighted by Gasteiger charge is 2.27. The first-order chi connectivity index (χ1) is 6.39. The third kappa shape index (κ3) is 3.50. The van der Waals surface area contributed by atoms with Gasteiger partial charge in [0, 0.05) is 12.6 Å². The maximum absolute atomic E-state index is 10.8. The molecule has 0 aliphatic rings. The molecule has 0 unspecified atom stereocenters. The predicted octanol–water partition coefficient (Wildman–Crippen LogP) is 2.51. The zero-order chi connectivity index (χ0) is 10.8. The van der Waals surface area contributed by atoms with Gasteiger partial charge in [0.15, 0.2) is 0 Å². The first kappa shape index (κ1) is 11.8. The smallest absolute Gasteiger partial charge is 0.326 e. The van der Waals surface area contributed by atoms with Crippen molar-refractivity contribution < 1.29 is 4.79 Å². The molecule has 1 N–H and O–H groups in total. The number of benzene rings is 1. The molecule has 0 bridgehead atoms. The van der Waals surface area contributed by atoms with E-state index in [9.17, 15) is 4.79 Å². The lowest BCUT2D eigenvalue weighted by atomic mass is 10.3. The van der Waals surface area contributed by atoms with Crippen molar-refractivity contribution in [2.75, 3.05) is 5.32 Å². The van der Waals surface area contributed by atoms with Crippen LogP contribution in [0, 0.1) is 0 Å². The van der Waals surface area contributed by atoms with Gasteiger partial charge >= 0.3 is 6.00 Å². The van der Waals surface area contributed by atoms with Gasteiger partial charge in [-0.2, -0.15) is 0 Å². The maximum atomic E-state index is 10.8. The van der Waals surface area contributed by atoms with Gasteiger partial charge in [0.25, 0.3) is 0 Å². The predicted molar refractivity (Wildman–Crippen MR) is 63.7 cm³/mol. The lowest BCUT2D eigenvalue weighted by molar-refractivity contribution is -0.114. The Morgan fingerprint density at radius 2 is 2.00 bits per heavy atom. The standard InChI is InChI=1S/C8H8Cl3NOSi/c1-6(13)12-7-3-2-4-8(5-7)14(9,10)11/h2-5H,1H3,(H,12,13). The fourth-order valence-electron chi connectivity index (χ4n) is 0.977. The van der Waals surface area contributed by atoms with Gasteiger partial charge in [0.1, 0.15) is 0 Å². The molecule has 1 aromatic rings. The van der Waals surface area contributed by atoms with Crippen LogP contribution in [0.25, 0.3) is 0 Å². The number of rotatable bonds is 2. The summed E-state index contributed by atoms with van der Waals surface area (Å²) < 4.78 is 0. The van der Waals surface area contributed by atoms with Gasteiger partial charge < -0.3 is 5.32 Å². The summed E-state index contributed by atoms with van der Waals surface area (Å²) in [5, 5.41) is 3.29. The molecule has 0 aliphatic heterocycles. The summed E-state index contributed by atoms with van der Waals surface area (Å²) in [5.41, 5.74) is 0.647. The number of carbonyl (C=O) groups excluding carboxylic acids is 1. The molecule has 0 aromatic heterocycles. The first-order valence-electron chi connectivity index (χ1n) is 3.84. The zero-order valence-electron chi connectivity index (χ0n) is 7.35. The molecule has 0 fully saturated rings. The van der Waals surface area contributed by atoms with Crippen LogP contribution in [0.3, 0.4) is 0 Å². The molecule has 2 nitrogen and oxygen atoms in total. The van der Waals surface area contributed by atoms with E-state index >= 15 is 0 Å². The van der Waals surface area contributed by atoms with Crippen molar-refractivity contribution in [3.8, 4) is 0 Å². The highest BCUT2D eigenvalue weighted by molar-refractivity contribution is 7.69. The molecular formula is C8H8Cl3NOSi. The van der Waals surface area contributed by atoms with Crippen LogP contribution in [-0.4, -0.2) is 11.9 Å². The minimum Gasteiger partial charge on any atom is -0.326 e. The third-order valence-corrected chi connectivity index (χ3v) is 4.44. The van der Waals surface area contributed by atoms with Crippen molar-refractivity contribution in [3.63, 3.8) is 0 Å². The Morgan fingerprint density at radius 1 is 1.36 bits per heavy atom. The Balaban J connectivity index is 2.95. The van der Waals surface area contributed by atoms with Crippen LogP contribution < -0.4 is 10.5 Å². The summed E-state index contributed by atoms with van der Waals surface area (Å²) >= 11 is 17.5. The molecule has 0 saturated heterocycles. The van der Waals surface area contributed by atoms with E-state index in [0.29, 0.717) is 10.9 Å². The fourth-order valence-corrected chi connectivity index (χ4v) is 2.64. The zero-order valence-corrected chi connectivity index (χ0v) is 10.6. The quantitative estimate of drug-likeness (QED) is 0.648. The Morgan fingerprint density at radius 3 is 2.50 bits per heavy atom. The molecule has 76 valence electrons. The molecule has 0 radical (unpaired) electrons. The molecular weight excluding hydrogens is 261 g/mol. The van der Waals surface area contributed by atoms with Crippen LogP contribution in [-0.2, 0) is 4.79 Å². The molecule has 14 heavy (non-hydrogen) atoms. The van der Waals surface area contributed by atoms with E-state index in [1.54, 1.807) is 24.3 Å². The van der Waals surface area contributed by atoms with Gasteiger partial charge in [0.2, 0.25) is 5.91 Å². The average molecular weight is 269 g/mol. The highest BCUT2D eigenvalue weighted by atomic mass is 35.8. The van der Waals surface area contributed by atoms with Crippen LogP contribution in [0.1, 0.15) is 6.92 Å². The second kappa shape index (κ2) is 4.53. The summed E-state index contributed by atoms with van der Waals surface area (Å²) in [7, 11) is 0. The van der Waals surface area contributed by atoms with Gasteiger partial charge in [-0.3, -0.25) is 4.79 Å². The minimum atomic E-state index is -2.85. The van der Waals surface area contributed by atoms with E-state index in [1.807, 2.05) is 0 Å². The molecule has 1 rings (SSSR count). The monoisotopic (exact) mass is 267 g/mol. The van der Waals surface area contributed by atoms with Crippen LogP contribution >= 0.6 is 33.2 Å².